The molecule has 0 aromatic heterocycles. The first kappa shape index (κ1) is 19.7. The summed E-state index contributed by atoms with van der Waals surface area (Å²) in [7, 11) is 3.24. The molecule has 2 aromatic rings. The molecule has 0 unspecified atom stereocenters. The number of fused-ring (bicyclic) bond motifs is 1. The molecular weight excluding hydrogens is 352 g/mol. The van der Waals surface area contributed by atoms with Crippen LogP contribution in [-0.4, -0.2) is 25.6 Å². The van der Waals surface area contributed by atoms with Gasteiger partial charge in [0, 0.05) is 16.7 Å². The summed E-state index contributed by atoms with van der Waals surface area (Å²) in [5.41, 5.74) is 3.94. The van der Waals surface area contributed by atoms with Gasteiger partial charge in [-0.2, -0.15) is 0 Å². The monoisotopic (exact) mass is 378 g/mol. The molecule has 0 bridgehead atoms. The second-order valence-electron chi connectivity index (χ2n) is 7.45. The number of hydrogen-bond donors (Lipinski definition) is 0. The van der Waals surface area contributed by atoms with Crippen LogP contribution < -0.4 is 14.2 Å². The molecule has 0 N–H and O–H groups in total. The third kappa shape index (κ3) is 3.81. The number of benzene rings is 2. The van der Waals surface area contributed by atoms with Crippen LogP contribution in [0.4, 0.5) is 0 Å². The minimum absolute atomic E-state index is 0.0693. The molecule has 0 atom stereocenters. The molecule has 0 spiro atoms. The molecule has 0 aliphatic carbocycles. The maximum absolute atomic E-state index is 12.8. The lowest BCUT2D eigenvalue weighted by Crippen LogP contribution is -2.27. The van der Waals surface area contributed by atoms with Crippen LogP contribution in [-0.2, 0) is 0 Å². The van der Waals surface area contributed by atoms with Crippen molar-refractivity contribution in [2.75, 3.05) is 14.2 Å². The van der Waals surface area contributed by atoms with E-state index in [2.05, 4.69) is 0 Å². The van der Waals surface area contributed by atoms with Crippen LogP contribution in [0.25, 0.3) is 12.2 Å². The van der Waals surface area contributed by atoms with Gasteiger partial charge in [0.25, 0.3) is 0 Å². The van der Waals surface area contributed by atoms with E-state index in [0.717, 1.165) is 33.8 Å². The fourth-order valence-corrected chi connectivity index (χ4v) is 3.33. The van der Waals surface area contributed by atoms with Crippen molar-refractivity contribution in [2.45, 2.75) is 33.3 Å². The SMILES string of the molecule is COc1cc(/C=C/C(=O)c2ccc3c(c2C)C=CC(C)(C)O3)c(OC)cc1C. The lowest BCUT2D eigenvalue weighted by molar-refractivity contribution is 0.104. The maximum atomic E-state index is 12.8. The Hall–Kier alpha value is -3.01. The van der Waals surface area contributed by atoms with E-state index in [1.807, 2.05) is 64.1 Å². The molecule has 1 heterocycles. The number of ether oxygens (including phenoxy) is 3. The van der Waals surface area contributed by atoms with Crippen molar-refractivity contribution < 1.29 is 19.0 Å². The summed E-state index contributed by atoms with van der Waals surface area (Å²) in [5.74, 6) is 2.18. The van der Waals surface area contributed by atoms with Gasteiger partial charge < -0.3 is 14.2 Å². The van der Waals surface area contributed by atoms with E-state index in [1.165, 1.54) is 0 Å². The Labute approximate surface area is 166 Å². The molecule has 0 radical (unpaired) electrons. The van der Waals surface area contributed by atoms with Gasteiger partial charge in [-0.3, -0.25) is 4.79 Å². The lowest BCUT2D eigenvalue weighted by Gasteiger charge is -2.29. The van der Waals surface area contributed by atoms with Crippen molar-refractivity contribution in [2.24, 2.45) is 0 Å². The number of hydrogen-bond acceptors (Lipinski definition) is 4. The molecule has 146 valence electrons. The summed E-state index contributed by atoms with van der Waals surface area (Å²) in [6.45, 7) is 7.91. The van der Waals surface area contributed by atoms with E-state index < -0.39 is 0 Å². The zero-order valence-corrected chi connectivity index (χ0v) is 17.3. The number of aryl methyl sites for hydroxylation is 1. The first-order valence-electron chi connectivity index (χ1n) is 9.22. The van der Waals surface area contributed by atoms with E-state index >= 15 is 0 Å². The van der Waals surface area contributed by atoms with E-state index in [4.69, 9.17) is 14.2 Å². The zero-order chi connectivity index (χ0) is 20.5. The number of ketones is 1. The molecule has 4 nitrogen and oxygen atoms in total. The molecule has 0 amide bonds. The summed E-state index contributed by atoms with van der Waals surface area (Å²) in [4.78, 5) is 12.8. The molecule has 0 fully saturated rings. The fourth-order valence-electron chi connectivity index (χ4n) is 3.33. The molecule has 3 rings (SSSR count). The van der Waals surface area contributed by atoms with Crippen LogP contribution in [0.5, 0.6) is 17.2 Å². The van der Waals surface area contributed by atoms with Crippen LogP contribution in [0.1, 0.15) is 46.5 Å². The van der Waals surface area contributed by atoms with E-state index in [9.17, 15) is 4.79 Å². The molecule has 0 saturated carbocycles. The van der Waals surface area contributed by atoms with Crippen molar-refractivity contribution in [3.63, 3.8) is 0 Å². The molecule has 4 heteroatoms. The van der Waals surface area contributed by atoms with Gasteiger partial charge in [-0.15, -0.1) is 0 Å². The Morgan fingerprint density at radius 1 is 1.07 bits per heavy atom. The Morgan fingerprint density at radius 2 is 1.79 bits per heavy atom. The Bertz CT molecular complexity index is 981. The molecule has 28 heavy (non-hydrogen) atoms. The van der Waals surface area contributed by atoms with Gasteiger partial charge in [-0.05, 0) is 81.3 Å². The van der Waals surface area contributed by atoms with Gasteiger partial charge in [-0.25, -0.2) is 0 Å². The second kappa shape index (κ2) is 7.55. The summed E-state index contributed by atoms with van der Waals surface area (Å²) in [6, 6.07) is 7.46. The number of carbonyl (C=O) groups excluding carboxylic acids is 1. The molecule has 0 saturated heterocycles. The topological polar surface area (TPSA) is 44.8 Å². The van der Waals surface area contributed by atoms with Gasteiger partial charge in [-0.1, -0.05) is 6.08 Å². The van der Waals surface area contributed by atoms with Gasteiger partial charge in [0.05, 0.1) is 14.2 Å². The molecule has 2 aromatic carbocycles. The Kier molecular flexibility index (Phi) is 5.32. The highest BCUT2D eigenvalue weighted by Crippen LogP contribution is 2.35. The smallest absolute Gasteiger partial charge is 0.186 e. The molecular formula is C24H26O4. The van der Waals surface area contributed by atoms with Crippen LogP contribution in [0.2, 0.25) is 0 Å². The first-order valence-corrected chi connectivity index (χ1v) is 9.22. The highest BCUT2D eigenvalue weighted by molar-refractivity contribution is 6.08. The minimum Gasteiger partial charge on any atom is -0.496 e. The van der Waals surface area contributed by atoms with Gasteiger partial charge in [0.15, 0.2) is 5.78 Å². The van der Waals surface area contributed by atoms with Crippen molar-refractivity contribution >= 4 is 17.9 Å². The van der Waals surface area contributed by atoms with Crippen LogP contribution >= 0.6 is 0 Å². The quantitative estimate of drug-likeness (QED) is 0.516. The third-order valence-corrected chi connectivity index (χ3v) is 4.93. The van der Waals surface area contributed by atoms with Crippen LogP contribution in [0.15, 0.2) is 36.4 Å². The summed E-state index contributed by atoms with van der Waals surface area (Å²) in [6.07, 6.45) is 7.37. The maximum Gasteiger partial charge on any atom is 0.186 e. The first-order chi connectivity index (χ1) is 13.3. The lowest BCUT2D eigenvalue weighted by atomic mass is 9.94. The van der Waals surface area contributed by atoms with E-state index in [0.29, 0.717) is 11.3 Å². The standard InChI is InChI=1S/C24H26O4/c1-15-13-23(27-6)17(14-22(15)26-5)7-9-20(25)18-8-10-21-19(16(18)2)11-12-24(3,4)28-21/h7-14H,1-6H3/b9-7+. The summed E-state index contributed by atoms with van der Waals surface area (Å²) < 4.78 is 16.8. The second-order valence-corrected chi connectivity index (χ2v) is 7.45. The minimum atomic E-state index is -0.341. The average Bonchev–Trinajstić information content (AvgIpc) is 2.65. The van der Waals surface area contributed by atoms with Crippen LogP contribution in [0.3, 0.4) is 0 Å². The van der Waals surface area contributed by atoms with Crippen molar-refractivity contribution in [1.29, 1.82) is 0 Å². The highest BCUT2D eigenvalue weighted by atomic mass is 16.5. The average molecular weight is 378 g/mol. The number of methoxy groups -OCH3 is 2. The summed E-state index contributed by atoms with van der Waals surface area (Å²) >= 11 is 0. The highest BCUT2D eigenvalue weighted by Gasteiger charge is 2.24. The van der Waals surface area contributed by atoms with E-state index in [1.54, 1.807) is 26.4 Å². The number of allylic oxidation sites excluding steroid dienone is 1. The molecule has 1 aliphatic heterocycles. The number of rotatable bonds is 5. The third-order valence-electron chi connectivity index (χ3n) is 4.93. The summed E-state index contributed by atoms with van der Waals surface area (Å²) in [5, 5.41) is 0. The normalized spacial score (nSPS) is 14.5. The fraction of sp³-hybridized carbons (Fsp3) is 0.292. The van der Waals surface area contributed by atoms with Crippen molar-refractivity contribution in [1.82, 2.24) is 0 Å². The predicted octanol–water partition coefficient (Wildman–Crippen LogP) is 5.40. The predicted molar refractivity (Wildman–Crippen MR) is 113 cm³/mol. The van der Waals surface area contributed by atoms with E-state index in [-0.39, 0.29) is 11.4 Å². The molecule has 1 aliphatic rings. The van der Waals surface area contributed by atoms with Gasteiger partial charge in [0.2, 0.25) is 0 Å². The van der Waals surface area contributed by atoms with Gasteiger partial charge in [0.1, 0.15) is 22.8 Å². The largest absolute Gasteiger partial charge is 0.496 e. The number of carbonyl (C=O) groups is 1. The van der Waals surface area contributed by atoms with Crippen molar-refractivity contribution in [3.8, 4) is 17.2 Å². The van der Waals surface area contributed by atoms with Crippen molar-refractivity contribution in [3.05, 3.63) is 64.2 Å². The zero-order valence-electron chi connectivity index (χ0n) is 17.3. The van der Waals surface area contributed by atoms with Crippen LogP contribution in [0, 0.1) is 13.8 Å². The Morgan fingerprint density at radius 3 is 2.46 bits per heavy atom. The Balaban J connectivity index is 1.92. The van der Waals surface area contributed by atoms with Gasteiger partial charge >= 0.3 is 0 Å².